The SMILES string of the molecule is CN(Cc1cccnc1)C(=O)NC1CCCC1(C)C(=O)O. The minimum atomic E-state index is -0.870. The van der Waals surface area contributed by atoms with Crippen molar-refractivity contribution in [1.29, 1.82) is 0 Å². The van der Waals surface area contributed by atoms with Gasteiger partial charge in [0.25, 0.3) is 0 Å². The molecule has 6 nitrogen and oxygen atoms in total. The van der Waals surface area contributed by atoms with Crippen LogP contribution < -0.4 is 5.32 Å². The average Bonchev–Trinajstić information content (AvgIpc) is 2.82. The number of aromatic nitrogens is 1. The topological polar surface area (TPSA) is 82.5 Å². The molecule has 0 aromatic carbocycles. The van der Waals surface area contributed by atoms with E-state index in [0.29, 0.717) is 19.4 Å². The number of carboxylic acid groups (broad SMARTS) is 1. The van der Waals surface area contributed by atoms with Crippen molar-refractivity contribution in [2.75, 3.05) is 7.05 Å². The van der Waals surface area contributed by atoms with Crippen LogP contribution in [0.1, 0.15) is 31.7 Å². The van der Waals surface area contributed by atoms with Crippen molar-refractivity contribution in [2.45, 2.75) is 38.8 Å². The first-order chi connectivity index (χ1) is 9.93. The first-order valence-electron chi connectivity index (χ1n) is 7.07. The lowest BCUT2D eigenvalue weighted by molar-refractivity contribution is -0.148. The maximum atomic E-state index is 12.2. The number of amides is 2. The summed E-state index contributed by atoms with van der Waals surface area (Å²) in [7, 11) is 1.69. The second kappa shape index (κ2) is 6.11. The molecule has 2 atom stereocenters. The summed E-state index contributed by atoms with van der Waals surface area (Å²) in [4.78, 5) is 29.2. The van der Waals surface area contributed by atoms with E-state index in [1.807, 2.05) is 12.1 Å². The number of hydrogen-bond acceptors (Lipinski definition) is 3. The first-order valence-corrected chi connectivity index (χ1v) is 7.07. The molecular weight excluding hydrogens is 270 g/mol. The quantitative estimate of drug-likeness (QED) is 0.887. The summed E-state index contributed by atoms with van der Waals surface area (Å²) in [5.74, 6) is -0.847. The summed E-state index contributed by atoms with van der Waals surface area (Å²) in [5, 5.41) is 12.2. The second-order valence-electron chi connectivity index (χ2n) is 5.83. The van der Waals surface area contributed by atoms with Gasteiger partial charge in [-0.3, -0.25) is 9.78 Å². The maximum absolute atomic E-state index is 12.2. The molecule has 6 heteroatoms. The largest absolute Gasteiger partial charge is 0.481 e. The van der Waals surface area contributed by atoms with Gasteiger partial charge >= 0.3 is 12.0 Å². The monoisotopic (exact) mass is 291 g/mol. The number of carboxylic acids is 1. The second-order valence-corrected chi connectivity index (χ2v) is 5.83. The van der Waals surface area contributed by atoms with E-state index in [0.717, 1.165) is 12.0 Å². The zero-order valence-electron chi connectivity index (χ0n) is 12.4. The van der Waals surface area contributed by atoms with Crippen molar-refractivity contribution in [1.82, 2.24) is 15.2 Å². The fraction of sp³-hybridized carbons (Fsp3) is 0.533. The molecule has 1 aliphatic rings. The number of rotatable bonds is 4. The highest BCUT2D eigenvalue weighted by atomic mass is 16.4. The van der Waals surface area contributed by atoms with E-state index in [1.165, 1.54) is 4.90 Å². The highest BCUT2D eigenvalue weighted by molar-refractivity contribution is 5.79. The number of nitrogens with zero attached hydrogens (tertiary/aromatic N) is 2. The molecular formula is C15H21N3O3. The van der Waals surface area contributed by atoms with E-state index in [9.17, 15) is 14.7 Å². The van der Waals surface area contributed by atoms with Gasteiger partial charge in [0.2, 0.25) is 0 Å². The number of hydrogen-bond donors (Lipinski definition) is 2. The first kappa shape index (κ1) is 15.3. The predicted octanol–water partition coefficient (Wildman–Crippen LogP) is 1.87. The van der Waals surface area contributed by atoms with Crippen molar-refractivity contribution >= 4 is 12.0 Å². The lowest BCUT2D eigenvalue weighted by Gasteiger charge is -2.29. The summed E-state index contributed by atoms with van der Waals surface area (Å²) in [6.07, 6.45) is 5.51. The Bertz CT molecular complexity index is 520. The van der Waals surface area contributed by atoms with Gasteiger partial charge in [-0.25, -0.2) is 4.79 Å². The van der Waals surface area contributed by atoms with Gasteiger partial charge in [0.05, 0.1) is 5.41 Å². The number of aliphatic carboxylic acids is 1. The number of carbonyl (C=O) groups excluding carboxylic acids is 1. The number of carbonyl (C=O) groups is 2. The molecule has 0 radical (unpaired) electrons. The molecule has 0 spiro atoms. The molecule has 1 heterocycles. The van der Waals surface area contributed by atoms with Crippen LogP contribution in [-0.2, 0) is 11.3 Å². The standard InChI is InChI=1S/C15H21N3O3/c1-15(13(19)20)7-3-6-12(15)17-14(21)18(2)10-11-5-4-8-16-9-11/h4-5,8-9,12H,3,6-7,10H2,1-2H3,(H,17,21)(H,19,20). The molecule has 0 aliphatic heterocycles. The van der Waals surface area contributed by atoms with E-state index in [1.54, 1.807) is 26.4 Å². The van der Waals surface area contributed by atoms with Crippen molar-refractivity contribution in [3.8, 4) is 0 Å². The van der Waals surface area contributed by atoms with Crippen LogP contribution in [0, 0.1) is 5.41 Å². The van der Waals surface area contributed by atoms with E-state index in [2.05, 4.69) is 10.3 Å². The van der Waals surface area contributed by atoms with Crippen molar-refractivity contribution in [3.63, 3.8) is 0 Å². The van der Waals surface area contributed by atoms with Crippen molar-refractivity contribution in [2.24, 2.45) is 5.41 Å². The Morgan fingerprint density at radius 1 is 1.57 bits per heavy atom. The van der Waals surface area contributed by atoms with Crippen LogP contribution in [-0.4, -0.2) is 40.1 Å². The molecule has 21 heavy (non-hydrogen) atoms. The molecule has 2 N–H and O–H groups in total. The minimum absolute atomic E-state index is 0.252. The molecule has 1 aliphatic carbocycles. The van der Waals surface area contributed by atoms with Gasteiger partial charge in [-0.15, -0.1) is 0 Å². The predicted molar refractivity (Wildman–Crippen MR) is 77.6 cm³/mol. The Balaban J connectivity index is 1.96. The van der Waals surface area contributed by atoms with Gasteiger partial charge in [0, 0.05) is 32.0 Å². The lowest BCUT2D eigenvalue weighted by Crippen LogP contribution is -2.50. The van der Waals surface area contributed by atoms with Crippen molar-refractivity contribution in [3.05, 3.63) is 30.1 Å². The van der Waals surface area contributed by atoms with Crippen LogP contribution >= 0.6 is 0 Å². The van der Waals surface area contributed by atoms with Crippen LogP contribution in [0.5, 0.6) is 0 Å². The molecule has 1 fully saturated rings. The average molecular weight is 291 g/mol. The van der Waals surface area contributed by atoms with Crippen LogP contribution in [0.4, 0.5) is 4.79 Å². The summed E-state index contributed by atoms with van der Waals surface area (Å²) in [5.41, 5.74) is 0.0627. The Labute approximate surface area is 124 Å². The zero-order valence-corrected chi connectivity index (χ0v) is 12.4. The third-order valence-electron chi connectivity index (χ3n) is 4.23. The fourth-order valence-corrected chi connectivity index (χ4v) is 2.75. The van der Waals surface area contributed by atoms with Gasteiger partial charge < -0.3 is 15.3 Å². The van der Waals surface area contributed by atoms with Gasteiger partial charge in [-0.1, -0.05) is 12.5 Å². The van der Waals surface area contributed by atoms with Crippen molar-refractivity contribution < 1.29 is 14.7 Å². The highest BCUT2D eigenvalue weighted by Gasteiger charge is 2.46. The van der Waals surface area contributed by atoms with E-state index >= 15 is 0 Å². The Kier molecular flexibility index (Phi) is 4.45. The molecule has 1 aromatic rings. The molecule has 2 amide bonds. The number of pyridine rings is 1. The molecule has 114 valence electrons. The van der Waals surface area contributed by atoms with Crippen LogP contribution in [0.2, 0.25) is 0 Å². The normalized spacial score (nSPS) is 24.6. The fourth-order valence-electron chi connectivity index (χ4n) is 2.75. The van der Waals surface area contributed by atoms with E-state index < -0.39 is 11.4 Å². The van der Waals surface area contributed by atoms with Gasteiger partial charge in [0.1, 0.15) is 0 Å². The van der Waals surface area contributed by atoms with Gasteiger partial charge in [-0.05, 0) is 31.4 Å². The van der Waals surface area contributed by atoms with Crippen LogP contribution in [0.25, 0.3) is 0 Å². The summed E-state index contributed by atoms with van der Waals surface area (Å²) in [6, 6.07) is 3.14. The maximum Gasteiger partial charge on any atom is 0.317 e. The number of urea groups is 1. The summed E-state index contributed by atoms with van der Waals surface area (Å²) >= 11 is 0. The highest BCUT2D eigenvalue weighted by Crippen LogP contribution is 2.38. The van der Waals surface area contributed by atoms with Crippen LogP contribution in [0.15, 0.2) is 24.5 Å². The molecule has 2 rings (SSSR count). The lowest BCUT2D eigenvalue weighted by atomic mass is 9.85. The molecule has 1 saturated carbocycles. The molecule has 0 saturated heterocycles. The van der Waals surface area contributed by atoms with E-state index in [4.69, 9.17) is 0 Å². The summed E-state index contributed by atoms with van der Waals surface area (Å²) in [6.45, 7) is 2.14. The van der Waals surface area contributed by atoms with Gasteiger partial charge in [0.15, 0.2) is 0 Å². The third kappa shape index (κ3) is 3.32. The molecule has 0 bridgehead atoms. The Morgan fingerprint density at radius 3 is 2.95 bits per heavy atom. The summed E-state index contributed by atoms with van der Waals surface area (Å²) < 4.78 is 0. The Hall–Kier alpha value is -2.11. The molecule has 2 unspecified atom stereocenters. The Morgan fingerprint density at radius 2 is 2.33 bits per heavy atom. The third-order valence-corrected chi connectivity index (χ3v) is 4.23. The molecule has 1 aromatic heterocycles. The number of nitrogens with one attached hydrogen (secondary N) is 1. The van der Waals surface area contributed by atoms with Gasteiger partial charge in [-0.2, -0.15) is 0 Å². The van der Waals surface area contributed by atoms with E-state index in [-0.39, 0.29) is 12.1 Å². The smallest absolute Gasteiger partial charge is 0.317 e. The van der Waals surface area contributed by atoms with Crippen LogP contribution in [0.3, 0.4) is 0 Å². The minimum Gasteiger partial charge on any atom is -0.481 e. The zero-order chi connectivity index (χ0) is 15.5.